The third-order valence-corrected chi connectivity index (χ3v) is 7.27. The summed E-state index contributed by atoms with van der Waals surface area (Å²) in [5.74, 6) is 1.34. The molecule has 0 aliphatic rings. The van der Waals surface area contributed by atoms with Crippen LogP contribution in [0, 0.1) is 0 Å². The number of nitrogens with one attached hydrogen (secondary N) is 3. The maximum Gasteiger partial charge on any atom is 0.242 e. The molecule has 0 spiro atoms. The maximum atomic E-state index is 13.5. The van der Waals surface area contributed by atoms with Crippen LogP contribution in [0.3, 0.4) is 0 Å². The standard InChI is InChI=1S/C33H27N3O2S2/c37-32(34-26-19-21-29(22-20-26)38-28-16-8-3-9-17-28)31(24-11-4-1-5-12-24)40-30-18-10-15-27(23-30)36-33(39)35-25-13-6-2-7-14-25/h1-23,31H,(H,34,37)(H2,35,36,39). The fraction of sp³-hybridized carbons (Fsp3) is 0.0303. The highest BCUT2D eigenvalue weighted by atomic mass is 32.2. The van der Waals surface area contributed by atoms with Crippen LogP contribution in [0.4, 0.5) is 17.1 Å². The van der Waals surface area contributed by atoms with Crippen molar-refractivity contribution in [1.29, 1.82) is 0 Å². The highest BCUT2D eigenvalue weighted by Crippen LogP contribution is 2.37. The van der Waals surface area contributed by atoms with Gasteiger partial charge in [-0.3, -0.25) is 4.79 Å². The predicted octanol–water partition coefficient (Wildman–Crippen LogP) is 8.76. The van der Waals surface area contributed by atoms with Crippen molar-refractivity contribution in [2.75, 3.05) is 16.0 Å². The van der Waals surface area contributed by atoms with E-state index in [0.717, 1.165) is 27.6 Å². The smallest absolute Gasteiger partial charge is 0.242 e. The van der Waals surface area contributed by atoms with Crippen molar-refractivity contribution >= 4 is 52.1 Å². The zero-order chi connectivity index (χ0) is 27.6. The molecule has 0 heterocycles. The Labute approximate surface area is 243 Å². The van der Waals surface area contributed by atoms with Crippen molar-refractivity contribution in [2.24, 2.45) is 0 Å². The minimum atomic E-state index is -0.467. The van der Waals surface area contributed by atoms with E-state index in [2.05, 4.69) is 16.0 Å². The molecule has 0 aromatic heterocycles. The van der Waals surface area contributed by atoms with Gasteiger partial charge >= 0.3 is 0 Å². The molecule has 40 heavy (non-hydrogen) atoms. The predicted molar refractivity (Wildman–Crippen MR) is 169 cm³/mol. The number of carbonyl (C=O) groups excluding carboxylic acids is 1. The number of anilines is 3. The van der Waals surface area contributed by atoms with Gasteiger partial charge in [-0.15, -0.1) is 11.8 Å². The molecule has 7 heteroatoms. The van der Waals surface area contributed by atoms with Gasteiger partial charge in [0.15, 0.2) is 5.11 Å². The third-order valence-electron chi connectivity index (χ3n) is 5.82. The first-order chi connectivity index (χ1) is 19.6. The van der Waals surface area contributed by atoms with Crippen molar-refractivity contribution in [3.05, 3.63) is 145 Å². The summed E-state index contributed by atoms with van der Waals surface area (Å²) in [5.41, 5.74) is 3.35. The first kappa shape index (κ1) is 27.0. The van der Waals surface area contributed by atoms with Crippen LogP contribution in [-0.2, 0) is 4.79 Å². The van der Waals surface area contributed by atoms with E-state index in [4.69, 9.17) is 17.0 Å². The van der Waals surface area contributed by atoms with Crippen molar-refractivity contribution in [3.8, 4) is 11.5 Å². The monoisotopic (exact) mass is 561 g/mol. The molecule has 0 saturated heterocycles. The second-order valence-electron chi connectivity index (χ2n) is 8.81. The van der Waals surface area contributed by atoms with E-state index in [9.17, 15) is 4.79 Å². The molecule has 0 bridgehead atoms. The Morgan fingerprint density at radius 1 is 0.600 bits per heavy atom. The summed E-state index contributed by atoms with van der Waals surface area (Å²) >= 11 is 6.96. The van der Waals surface area contributed by atoms with Crippen LogP contribution >= 0.6 is 24.0 Å². The van der Waals surface area contributed by atoms with E-state index in [-0.39, 0.29) is 5.91 Å². The molecule has 0 aliphatic heterocycles. The Kier molecular flexibility index (Phi) is 9.09. The summed E-state index contributed by atoms with van der Waals surface area (Å²) in [6.45, 7) is 0. The Hall–Kier alpha value is -4.59. The van der Waals surface area contributed by atoms with Gasteiger partial charge in [0.2, 0.25) is 5.91 Å². The Balaban J connectivity index is 1.27. The van der Waals surface area contributed by atoms with Gasteiger partial charge in [-0.2, -0.15) is 0 Å². The zero-order valence-corrected chi connectivity index (χ0v) is 23.1. The van der Waals surface area contributed by atoms with Crippen LogP contribution in [-0.4, -0.2) is 11.0 Å². The molecule has 1 amide bonds. The average molecular weight is 562 g/mol. The van der Waals surface area contributed by atoms with Crippen LogP contribution in [0.1, 0.15) is 10.8 Å². The van der Waals surface area contributed by atoms with Gasteiger partial charge in [0.1, 0.15) is 16.7 Å². The summed E-state index contributed by atoms with van der Waals surface area (Å²) in [6.07, 6.45) is 0. The lowest BCUT2D eigenvalue weighted by Crippen LogP contribution is -2.19. The second-order valence-corrected chi connectivity index (χ2v) is 10.4. The molecule has 1 atom stereocenters. The van der Waals surface area contributed by atoms with E-state index in [1.54, 1.807) is 0 Å². The highest BCUT2D eigenvalue weighted by molar-refractivity contribution is 8.00. The topological polar surface area (TPSA) is 62.4 Å². The fourth-order valence-electron chi connectivity index (χ4n) is 3.94. The molecule has 5 aromatic carbocycles. The van der Waals surface area contributed by atoms with Crippen LogP contribution in [0.25, 0.3) is 0 Å². The van der Waals surface area contributed by atoms with E-state index in [0.29, 0.717) is 16.5 Å². The number of amides is 1. The molecule has 0 aliphatic carbocycles. The molecular formula is C33H27N3O2S2. The minimum absolute atomic E-state index is 0.118. The average Bonchev–Trinajstić information content (AvgIpc) is 2.98. The Bertz CT molecular complexity index is 1550. The van der Waals surface area contributed by atoms with E-state index in [1.807, 2.05) is 140 Å². The normalized spacial score (nSPS) is 11.2. The molecule has 0 radical (unpaired) electrons. The SMILES string of the molecule is O=C(Nc1ccc(Oc2ccccc2)cc1)C(Sc1cccc(NC(=S)Nc2ccccc2)c1)c1ccccc1. The molecule has 0 saturated carbocycles. The molecule has 1 unspecified atom stereocenters. The van der Waals surface area contributed by atoms with Crippen LogP contribution in [0.15, 0.2) is 144 Å². The number of carbonyl (C=O) groups is 1. The highest BCUT2D eigenvalue weighted by Gasteiger charge is 2.22. The number of thioether (sulfide) groups is 1. The lowest BCUT2D eigenvalue weighted by Gasteiger charge is -2.18. The van der Waals surface area contributed by atoms with Gasteiger partial charge in [-0.1, -0.05) is 72.8 Å². The quantitative estimate of drug-likeness (QED) is 0.124. The summed E-state index contributed by atoms with van der Waals surface area (Å²) in [5, 5.41) is 9.50. The van der Waals surface area contributed by atoms with Gasteiger partial charge in [0.25, 0.3) is 0 Å². The third kappa shape index (κ3) is 7.72. The van der Waals surface area contributed by atoms with Gasteiger partial charge in [-0.25, -0.2) is 0 Å². The van der Waals surface area contributed by atoms with Crippen molar-refractivity contribution in [2.45, 2.75) is 10.1 Å². The largest absolute Gasteiger partial charge is 0.457 e. The molecular weight excluding hydrogens is 535 g/mol. The zero-order valence-electron chi connectivity index (χ0n) is 21.5. The molecule has 5 aromatic rings. The van der Waals surface area contributed by atoms with E-state index >= 15 is 0 Å². The van der Waals surface area contributed by atoms with Crippen molar-refractivity contribution in [1.82, 2.24) is 0 Å². The van der Waals surface area contributed by atoms with Crippen LogP contribution < -0.4 is 20.7 Å². The number of ether oxygens (including phenoxy) is 1. The van der Waals surface area contributed by atoms with E-state index < -0.39 is 5.25 Å². The van der Waals surface area contributed by atoms with Crippen molar-refractivity contribution < 1.29 is 9.53 Å². The summed E-state index contributed by atoms with van der Waals surface area (Å²) in [4.78, 5) is 14.5. The number of hydrogen-bond donors (Lipinski definition) is 3. The number of hydrogen-bond acceptors (Lipinski definition) is 4. The number of para-hydroxylation sites is 2. The molecule has 5 nitrogen and oxygen atoms in total. The first-order valence-corrected chi connectivity index (χ1v) is 14.0. The van der Waals surface area contributed by atoms with Gasteiger partial charge in [0, 0.05) is 22.0 Å². The van der Waals surface area contributed by atoms with Crippen LogP contribution in [0.5, 0.6) is 11.5 Å². The number of rotatable bonds is 9. The molecule has 5 rings (SSSR count). The second kappa shape index (κ2) is 13.5. The summed E-state index contributed by atoms with van der Waals surface area (Å²) < 4.78 is 5.87. The van der Waals surface area contributed by atoms with Crippen LogP contribution in [0.2, 0.25) is 0 Å². The minimum Gasteiger partial charge on any atom is -0.457 e. The van der Waals surface area contributed by atoms with E-state index in [1.165, 1.54) is 11.8 Å². The summed E-state index contributed by atoms with van der Waals surface area (Å²) in [6, 6.07) is 44.3. The lowest BCUT2D eigenvalue weighted by molar-refractivity contribution is -0.115. The molecule has 3 N–H and O–H groups in total. The first-order valence-electron chi connectivity index (χ1n) is 12.7. The number of benzene rings is 5. The Morgan fingerprint density at radius 3 is 1.85 bits per heavy atom. The fourth-order valence-corrected chi connectivity index (χ4v) is 5.26. The molecule has 198 valence electrons. The number of thiocarbonyl (C=S) groups is 1. The van der Waals surface area contributed by atoms with Crippen molar-refractivity contribution in [3.63, 3.8) is 0 Å². The molecule has 0 fully saturated rings. The maximum absolute atomic E-state index is 13.5. The Morgan fingerprint density at radius 2 is 1.15 bits per heavy atom. The lowest BCUT2D eigenvalue weighted by atomic mass is 10.1. The summed E-state index contributed by atoms with van der Waals surface area (Å²) in [7, 11) is 0. The van der Waals surface area contributed by atoms with Gasteiger partial charge in [0.05, 0.1) is 0 Å². The van der Waals surface area contributed by atoms with Gasteiger partial charge < -0.3 is 20.7 Å². The van der Waals surface area contributed by atoms with Gasteiger partial charge in [-0.05, 0) is 84.5 Å².